The zero-order chi connectivity index (χ0) is 17.1. The Kier molecular flexibility index (Phi) is 8.08. The third-order valence-electron chi connectivity index (χ3n) is 2.44. The quantitative estimate of drug-likeness (QED) is 0.363. The van der Waals surface area contributed by atoms with E-state index in [9.17, 15) is 14.4 Å². The van der Waals surface area contributed by atoms with Crippen LogP contribution in [0.2, 0.25) is 0 Å². The second-order valence-corrected chi connectivity index (χ2v) is 4.66. The minimum absolute atomic E-state index is 0.0375. The van der Waals surface area contributed by atoms with Gasteiger partial charge >= 0.3 is 12.0 Å². The SMILES string of the molecule is CCOC(=O)CCC(=O)NC(=S)NNC(=O)Nc1ccccc1. The Morgan fingerprint density at radius 1 is 1.09 bits per heavy atom. The summed E-state index contributed by atoms with van der Waals surface area (Å²) >= 11 is 4.84. The maximum Gasteiger partial charge on any atom is 0.337 e. The number of hydrazine groups is 1. The Hall–Kier alpha value is -2.68. The summed E-state index contributed by atoms with van der Waals surface area (Å²) < 4.78 is 4.70. The fourth-order valence-corrected chi connectivity index (χ4v) is 1.63. The second-order valence-electron chi connectivity index (χ2n) is 4.25. The van der Waals surface area contributed by atoms with E-state index in [1.54, 1.807) is 31.2 Å². The van der Waals surface area contributed by atoms with Crippen LogP contribution < -0.4 is 21.5 Å². The average molecular weight is 338 g/mol. The van der Waals surface area contributed by atoms with Crippen molar-refractivity contribution in [2.75, 3.05) is 11.9 Å². The largest absolute Gasteiger partial charge is 0.466 e. The number of urea groups is 1. The lowest BCUT2D eigenvalue weighted by Crippen LogP contribution is -2.49. The topological polar surface area (TPSA) is 109 Å². The molecule has 0 aromatic heterocycles. The zero-order valence-corrected chi connectivity index (χ0v) is 13.4. The van der Waals surface area contributed by atoms with Crippen LogP contribution in [0.3, 0.4) is 0 Å². The second kappa shape index (κ2) is 10.1. The molecule has 0 radical (unpaired) electrons. The fraction of sp³-hybridized carbons (Fsp3) is 0.286. The number of rotatable bonds is 5. The van der Waals surface area contributed by atoms with E-state index in [-0.39, 0.29) is 24.6 Å². The Morgan fingerprint density at radius 2 is 1.78 bits per heavy atom. The minimum atomic E-state index is -0.542. The predicted octanol–water partition coefficient (Wildman–Crippen LogP) is 1.06. The molecule has 4 N–H and O–H groups in total. The van der Waals surface area contributed by atoms with Gasteiger partial charge < -0.3 is 15.4 Å². The summed E-state index contributed by atoms with van der Waals surface area (Å²) in [5, 5.41) is 4.80. The van der Waals surface area contributed by atoms with Crippen molar-refractivity contribution in [1.29, 1.82) is 0 Å². The summed E-state index contributed by atoms with van der Waals surface area (Å²) in [6.07, 6.45) is -0.0962. The van der Waals surface area contributed by atoms with Crippen molar-refractivity contribution in [2.45, 2.75) is 19.8 Å². The highest BCUT2D eigenvalue weighted by atomic mass is 32.1. The van der Waals surface area contributed by atoms with Gasteiger partial charge in [0.2, 0.25) is 5.91 Å². The molecule has 23 heavy (non-hydrogen) atoms. The molecule has 9 heteroatoms. The van der Waals surface area contributed by atoms with Crippen LogP contribution in [-0.4, -0.2) is 29.6 Å². The van der Waals surface area contributed by atoms with Crippen LogP contribution in [0.1, 0.15) is 19.8 Å². The van der Waals surface area contributed by atoms with Gasteiger partial charge in [0.25, 0.3) is 0 Å². The number of hydrogen-bond donors (Lipinski definition) is 4. The highest BCUT2D eigenvalue weighted by molar-refractivity contribution is 7.80. The Labute approximate surface area is 138 Å². The van der Waals surface area contributed by atoms with Gasteiger partial charge in [-0.3, -0.25) is 15.0 Å². The van der Waals surface area contributed by atoms with E-state index < -0.39 is 17.9 Å². The van der Waals surface area contributed by atoms with Crippen molar-refractivity contribution in [3.8, 4) is 0 Å². The molecule has 0 saturated carbocycles. The molecular formula is C14H18N4O4S. The first-order valence-corrected chi connectivity index (χ1v) is 7.29. The molecule has 1 aromatic rings. The number of carbonyl (C=O) groups is 3. The lowest BCUT2D eigenvalue weighted by atomic mass is 10.3. The Balaban J connectivity index is 2.22. The van der Waals surface area contributed by atoms with Crippen LogP contribution in [0.4, 0.5) is 10.5 Å². The summed E-state index contributed by atoms with van der Waals surface area (Å²) in [5.74, 6) is -0.914. The monoisotopic (exact) mass is 338 g/mol. The van der Waals surface area contributed by atoms with Gasteiger partial charge in [-0.2, -0.15) is 0 Å². The third-order valence-corrected chi connectivity index (χ3v) is 2.64. The van der Waals surface area contributed by atoms with E-state index in [4.69, 9.17) is 17.0 Å². The molecule has 1 rings (SSSR count). The molecule has 1 aromatic carbocycles. The molecule has 0 aliphatic rings. The summed E-state index contributed by atoms with van der Waals surface area (Å²) in [7, 11) is 0. The first-order chi connectivity index (χ1) is 11.0. The van der Waals surface area contributed by atoms with Gasteiger partial charge in [-0.1, -0.05) is 18.2 Å². The van der Waals surface area contributed by atoms with Crippen LogP contribution >= 0.6 is 12.2 Å². The average Bonchev–Trinajstić information content (AvgIpc) is 2.52. The van der Waals surface area contributed by atoms with Crippen LogP contribution in [0, 0.1) is 0 Å². The molecule has 124 valence electrons. The fourth-order valence-electron chi connectivity index (χ4n) is 1.47. The highest BCUT2D eigenvalue weighted by Crippen LogP contribution is 2.03. The molecule has 0 aliphatic heterocycles. The van der Waals surface area contributed by atoms with E-state index in [0.29, 0.717) is 5.69 Å². The van der Waals surface area contributed by atoms with E-state index in [2.05, 4.69) is 21.5 Å². The molecule has 0 spiro atoms. The van der Waals surface area contributed by atoms with Gasteiger partial charge in [0.1, 0.15) is 0 Å². The first-order valence-electron chi connectivity index (χ1n) is 6.88. The van der Waals surface area contributed by atoms with Crippen LogP contribution in [0.15, 0.2) is 30.3 Å². The minimum Gasteiger partial charge on any atom is -0.466 e. The number of carbonyl (C=O) groups excluding carboxylic acids is 3. The van der Waals surface area contributed by atoms with Gasteiger partial charge in [0, 0.05) is 12.1 Å². The number of esters is 1. The summed E-state index contributed by atoms with van der Waals surface area (Å²) in [4.78, 5) is 34.2. The zero-order valence-electron chi connectivity index (χ0n) is 12.5. The highest BCUT2D eigenvalue weighted by Gasteiger charge is 2.09. The number of anilines is 1. The number of ether oxygens (including phenoxy) is 1. The van der Waals surface area contributed by atoms with Gasteiger partial charge in [0.15, 0.2) is 5.11 Å². The van der Waals surface area contributed by atoms with Gasteiger partial charge in [0.05, 0.1) is 13.0 Å². The van der Waals surface area contributed by atoms with Crippen LogP contribution in [0.5, 0.6) is 0 Å². The molecule has 0 fully saturated rings. The number of benzene rings is 1. The van der Waals surface area contributed by atoms with Crippen molar-refractivity contribution in [1.82, 2.24) is 16.2 Å². The normalized spacial score (nSPS) is 9.43. The number of hydrogen-bond acceptors (Lipinski definition) is 5. The number of amides is 3. The molecule has 0 atom stereocenters. The van der Waals surface area contributed by atoms with E-state index in [1.807, 2.05) is 6.07 Å². The standard InChI is InChI=1S/C14H18N4O4S/c1-2-22-12(20)9-8-11(19)16-14(23)18-17-13(21)15-10-6-4-3-5-7-10/h3-7H,2,8-9H2,1H3,(H2,15,17,21)(H2,16,18,19,23). The molecule has 0 bridgehead atoms. The molecular weight excluding hydrogens is 320 g/mol. The summed E-state index contributed by atoms with van der Waals surface area (Å²) in [6.45, 7) is 1.95. The van der Waals surface area contributed by atoms with Crippen molar-refractivity contribution < 1.29 is 19.1 Å². The smallest absolute Gasteiger partial charge is 0.337 e. The molecule has 0 aliphatic carbocycles. The molecule has 0 unspecified atom stereocenters. The summed E-state index contributed by atoms with van der Waals surface area (Å²) in [5.41, 5.74) is 5.25. The molecule has 0 heterocycles. The maximum atomic E-state index is 11.6. The number of thiocarbonyl (C=S) groups is 1. The predicted molar refractivity (Wildman–Crippen MR) is 88.3 cm³/mol. The third kappa shape index (κ3) is 8.37. The van der Waals surface area contributed by atoms with Crippen LogP contribution in [0.25, 0.3) is 0 Å². The number of nitrogens with one attached hydrogen (secondary N) is 4. The first kappa shape index (κ1) is 18.4. The molecule has 0 saturated heterocycles. The lowest BCUT2D eigenvalue weighted by Gasteiger charge is -2.11. The number of para-hydroxylation sites is 1. The van der Waals surface area contributed by atoms with Gasteiger partial charge in [-0.15, -0.1) is 0 Å². The van der Waals surface area contributed by atoms with Crippen molar-refractivity contribution >= 4 is 40.9 Å². The van der Waals surface area contributed by atoms with Crippen molar-refractivity contribution in [3.63, 3.8) is 0 Å². The van der Waals surface area contributed by atoms with Crippen molar-refractivity contribution in [2.24, 2.45) is 0 Å². The van der Waals surface area contributed by atoms with E-state index in [0.717, 1.165) is 0 Å². The van der Waals surface area contributed by atoms with E-state index in [1.165, 1.54) is 0 Å². The Morgan fingerprint density at radius 3 is 2.43 bits per heavy atom. The van der Waals surface area contributed by atoms with Gasteiger partial charge in [-0.25, -0.2) is 10.2 Å². The maximum absolute atomic E-state index is 11.6. The van der Waals surface area contributed by atoms with E-state index >= 15 is 0 Å². The van der Waals surface area contributed by atoms with Gasteiger partial charge in [-0.05, 0) is 31.3 Å². The molecule has 3 amide bonds. The summed E-state index contributed by atoms with van der Waals surface area (Å²) in [6, 6.07) is 8.26. The van der Waals surface area contributed by atoms with Crippen LogP contribution in [-0.2, 0) is 14.3 Å². The van der Waals surface area contributed by atoms with Crippen molar-refractivity contribution in [3.05, 3.63) is 30.3 Å². The Bertz CT molecular complexity index is 565. The lowest BCUT2D eigenvalue weighted by molar-refractivity contribution is -0.144. The molecule has 8 nitrogen and oxygen atoms in total.